The molecule has 1 amide bonds. The SMILES string of the molecule is Cc1cc2nc3c(nc2cc1C)C1(C(=O)N2CCC(C)CC2)CCC3(C)C1(C)C. The zero-order valence-corrected chi connectivity index (χ0v) is 18.7. The van der Waals surface area contributed by atoms with Gasteiger partial charge in [0.25, 0.3) is 0 Å². The number of amides is 1. The number of carbonyl (C=O) groups excluding carboxylic acids is 1. The van der Waals surface area contributed by atoms with Gasteiger partial charge in [0.05, 0.1) is 27.8 Å². The van der Waals surface area contributed by atoms with E-state index < -0.39 is 5.41 Å². The van der Waals surface area contributed by atoms with Gasteiger partial charge in [-0.1, -0.05) is 27.7 Å². The lowest BCUT2D eigenvalue weighted by molar-refractivity contribution is -0.142. The molecule has 3 aliphatic rings. The van der Waals surface area contributed by atoms with Crippen LogP contribution in [-0.4, -0.2) is 33.9 Å². The smallest absolute Gasteiger partial charge is 0.235 e. The number of rotatable bonds is 1. The van der Waals surface area contributed by atoms with Crippen LogP contribution in [0.25, 0.3) is 11.0 Å². The molecule has 2 unspecified atom stereocenters. The lowest BCUT2D eigenvalue weighted by atomic mass is 9.63. The summed E-state index contributed by atoms with van der Waals surface area (Å²) in [5, 5.41) is 0. The monoisotopic (exact) mass is 391 g/mol. The van der Waals surface area contributed by atoms with Crippen LogP contribution in [0, 0.1) is 25.2 Å². The van der Waals surface area contributed by atoms with Crippen molar-refractivity contribution >= 4 is 16.9 Å². The maximum atomic E-state index is 14.1. The summed E-state index contributed by atoms with van der Waals surface area (Å²) < 4.78 is 0. The van der Waals surface area contributed by atoms with Crippen LogP contribution in [0.5, 0.6) is 0 Å². The Balaban J connectivity index is 1.72. The summed E-state index contributed by atoms with van der Waals surface area (Å²) in [5.74, 6) is 1.01. The predicted octanol–water partition coefficient (Wildman–Crippen LogP) is 4.83. The Morgan fingerprint density at radius 3 is 2.10 bits per heavy atom. The molecule has 1 saturated carbocycles. The summed E-state index contributed by atoms with van der Waals surface area (Å²) in [6, 6.07) is 4.29. The van der Waals surface area contributed by atoms with Crippen molar-refractivity contribution in [2.45, 2.75) is 78.1 Å². The number of aryl methyl sites for hydroxylation is 2. The number of nitrogens with zero attached hydrogens (tertiary/aromatic N) is 3. The Hall–Kier alpha value is -1.97. The number of benzene rings is 1. The van der Waals surface area contributed by atoms with Gasteiger partial charge < -0.3 is 4.90 Å². The summed E-state index contributed by atoms with van der Waals surface area (Å²) >= 11 is 0. The first-order chi connectivity index (χ1) is 13.6. The largest absolute Gasteiger partial charge is 0.342 e. The van der Waals surface area contributed by atoms with E-state index in [9.17, 15) is 4.79 Å². The highest BCUT2D eigenvalue weighted by molar-refractivity contribution is 5.93. The van der Waals surface area contributed by atoms with Crippen LogP contribution in [0.3, 0.4) is 0 Å². The van der Waals surface area contributed by atoms with Crippen molar-refractivity contribution in [2.24, 2.45) is 11.3 Å². The highest BCUT2D eigenvalue weighted by atomic mass is 16.2. The quantitative estimate of drug-likeness (QED) is 0.699. The fraction of sp³-hybridized carbons (Fsp3) is 0.640. The van der Waals surface area contributed by atoms with Gasteiger partial charge in [-0.2, -0.15) is 0 Å². The van der Waals surface area contributed by atoms with E-state index in [2.05, 4.69) is 58.6 Å². The van der Waals surface area contributed by atoms with Crippen LogP contribution < -0.4 is 0 Å². The summed E-state index contributed by atoms with van der Waals surface area (Å²) in [6.07, 6.45) is 4.11. The Morgan fingerprint density at radius 1 is 0.966 bits per heavy atom. The Kier molecular flexibility index (Phi) is 3.80. The van der Waals surface area contributed by atoms with Crippen LogP contribution in [0.2, 0.25) is 0 Å². The second-order valence-electron chi connectivity index (χ2n) is 10.7. The van der Waals surface area contributed by atoms with Crippen molar-refractivity contribution in [1.82, 2.24) is 14.9 Å². The number of hydrogen-bond donors (Lipinski definition) is 0. The first kappa shape index (κ1) is 19.0. The fourth-order valence-corrected chi connectivity index (χ4v) is 6.31. The van der Waals surface area contributed by atoms with Gasteiger partial charge in [-0.25, -0.2) is 9.97 Å². The fourth-order valence-electron chi connectivity index (χ4n) is 6.31. The number of likely N-dealkylation sites (tertiary alicyclic amines) is 1. The molecule has 0 spiro atoms. The van der Waals surface area contributed by atoms with Crippen LogP contribution in [-0.2, 0) is 15.6 Å². The molecule has 1 aromatic heterocycles. The molecule has 5 rings (SSSR count). The summed E-state index contributed by atoms with van der Waals surface area (Å²) in [6.45, 7) is 15.2. The van der Waals surface area contributed by atoms with Gasteiger partial charge in [0, 0.05) is 18.5 Å². The first-order valence-electron chi connectivity index (χ1n) is 11.2. The van der Waals surface area contributed by atoms with E-state index in [1.54, 1.807) is 0 Å². The Labute approximate surface area is 174 Å². The molecule has 2 atom stereocenters. The van der Waals surface area contributed by atoms with Gasteiger partial charge in [0.15, 0.2) is 0 Å². The zero-order valence-electron chi connectivity index (χ0n) is 18.7. The van der Waals surface area contributed by atoms with Gasteiger partial charge in [-0.15, -0.1) is 0 Å². The molecule has 2 bridgehead atoms. The van der Waals surface area contributed by atoms with Crippen LogP contribution in [0.15, 0.2) is 12.1 Å². The van der Waals surface area contributed by atoms with Crippen LogP contribution in [0.4, 0.5) is 0 Å². The lowest BCUT2D eigenvalue weighted by Crippen LogP contribution is -2.54. The Morgan fingerprint density at radius 2 is 1.52 bits per heavy atom. The van der Waals surface area contributed by atoms with Gasteiger partial charge >= 0.3 is 0 Å². The van der Waals surface area contributed by atoms with E-state index in [4.69, 9.17) is 9.97 Å². The van der Waals surface area contributed by atoms with Crippen molar-refractivity contribution in [3.8, 4) is 0 Å². The standard InChI is InChI=1S/C25H33N3O/c1-15-7-11-28(12-8-15)22(29)25-10-9-24(6,23(25,4)5)20-21(25)27-19-14-17(3)16(2)13-18(19)26-20/h13-15H,7-12H2,1-6H3. The summed E-state index contributed by atoms with van der Waals surface area (Å²) in [5.41, 5.74) is 5.56. The third-order valence-electron chi connectivity index (χ3n) is 9.09. The van der Waals surface area contributed by atoms with Crippen molar-refractivity contribution < 1.29 is 4.79 Å². The second-order valence-corrected chi connectivity index (χ2v) is 10.7. The Bertz CT molecular complexity index is 1030. The van der Waals surface area contributed by atoms with Crippen molar-refractivity contribution in [2.75, 3.05) is 13.1 Å². The maximum Gasteiger partial charge on any atom is 0.235 e. The topological polar surface area (TPSA) is 46.1 Å². The van der Waals surface area contributed by atoms with Gasteiger partial charge in [-0.3, -0.25) is 4.79 Å². The van der Waals surface area contributed by atoms with Crippen LogP contribution >= 0.6 is 0 Å². The van der Waals surface area contributed by atoms with Crippen LogP contribution in [0.1, 0.15) is 75.9 Å². The van der Waals surface area contributed by atoms with E-state index in [0.717, 1.165) is 61.2 Å². The third-order valence-corrected chi connectivity index (χ3v) is 9.09. The maximum absolute atomic E-state index is 14.1. The van der Waals surface area contributed by atoms with Gasteiger partial charge in [0.2, 0.25) is 5.91 Å². The zero-order chi connectivity index (χ0) is 20.8. The molecule has 4 nitrogen and oxygen atoms in total. The van der Waals surface area contributed by atoms with Crippen molar-refractivity contribution in [3.63, 3.8) is 0 Å². The number of fused-ring (bicyclic) bond motifs is 6. The van der Waals surface area contributed by atoms with Gasteiger partial charge in [-0.05, 0) is 74.1 Å². The number of carbonyl (C=O) groups is 1. The third kappa shape index (κ3) is 2.18. The first-order valence-corrected chi connectivity index (χ1v) is 11.2. The van der Waals surface area contributed by atoms with Crippen molar-refractivity contribution in [1.29, 1.82) is 0 Å². The molecule has 29 heavy (non-hydrogen) atoms. The van der Waals surface area contributed by atoms with E-state index in [0.29, 0.717) is 11.8 Å². The number of piperidine rings is 1. The molecule has 4 heteroatoms. The lowest BCUT2D eigenvalue weighted by Gasteiger charge is -2.43. The molecule has 2 heterocycles. The minimum Gasteiger partial charge on any atom is -0.342 e. The molecule has 154 valence electrons. The minimum atomic E-state index is -0.544. The second kappa shape index (κ2) is 5.80. The summed E-state index contributed by atoms with van der Waals surface area (Å²) in [7, 11) is 0. The molecule has 0 N–H and O–H groups in total. The molecule has 0 radical (unpaired) electrons. The minimum absolute atomic E-state index is 0.110. The predicted molar refractivity (Wildman–Crippen MR) is 116 cm³/mol. The van der Waals surface area contributed by atoms with E-state index in [1.165, 1.54) is 11.1 Å². The van der Waals surface area contributed by atoms with E-state index in [1.807, 2.05) is 0 Å². The molecule has 1 aliphatic heterocycles. The number of aromatic nitrogens is 2. The summed E-state index contributed by atoms with van der Waals surface area (Å²) in [4.78, 5) is 26.6. The molecule has 2 fully saturated rings. The molecule has 2 aromatic rings. The molecule has 2 aliphatic carbocycles. The molecular formula is C25H33N3O. The van der Waals surface area contributed by atoms with Crippen molar-refractivity contribution in [3.05, 3.63) is 34.6 Å². The van der Waals surface area contributed by atoms with Gasteiger partial charge in [0.1, 0.15) is 0 Å². The van der Waals surface area contributed by atoms with E-state index >= 15 is 0 Å². The van der Waals surface area contributed by atoms with E-state index in [-0.39, 0.29) is 10.8 Å². The molecular weight excluding hydrogens is 358 g/mol. The molecule has 1 saturated heterocycles. The average molecular weight is 392 g/mol. The highest BCUT2D eigenvalue weighted by Gasteiger charge is 2.73. The highest BCUT2D eigenvalue weighted by Crippen LogP contribution is 2.70. The molecule has 1 aromatic carbocycles. The normalized spacial score (nSPS) is 30.8. The average Bonchev–Trinajstić information content (AvgIpc) is 2.97. The number of hydrogen-bond acceptors (Lipinski definition) is 3.